The Bertz CT molecular complexity index is 431. The van der Waals surface area contributed by atoms with E-state index in [-0.39, 0.29) is 17.2 Å². The van der Waals surface area contributed by atoms with E-state index in [4.69, 9.17) is 4.74 Å². The van der Waals surface area contributed by atoms with Crippen molar-refractivity contribution >= 4 is 11.7 Å². The third kappa shape index (κ3) is 2.25. The highest BCUT2D eigenvalue weighted by Crippen LogP contribution is 2.24. The number of hydrogen-bond acceptors (Lipinski definition) is 5. The number of aromatic nitrogens is 1. The van der Waals surface area contributed by atoms with Crippen LogP contribution in [0.25, 0.3) is 0 Å². The zero-order valence-electron chi connectivity index (χ0n) is 9.13. The summed E-state index contributed by atoms with van der Waals surface area (Å²) in [5.74, 6) is -0.726. The van der Waals surface area contributed by atoms with Gasteiger partial charge in [-0.3, -0.25) is 4.79 Å². The van der Waals surface area contributed by atoms with E-state index in [1.54, 1.807) is 14.1 Å². The van der Waals surface area contributed by atoms with Gasteiger partial charge in [-0.2, -0.15) is 0 Å². The molecule has 0 aromatic carbocycles. The van der Waals surface area contributed by atoms with Crippen molar-refractivity contribution in [3.63, 3.8) is 0 Å². The molecule has 0 N–H and O–H groups in total. The molecule has 0 saturated heterocycles. The fourth-order valence-electron chi connectivity index (χ4n) is 1.10. The standard InChI is InChI=1S/C9H11N3O4/c1-11(2)9(13)6-4-7(16-3)8(10-5-6)12(14)15/h4-5H,1-3H3. The van der Waals surface area contributed by atoms with Crippen LogP contribution in [0.5, 0.6) is 5.75 Å². The molecule has 0 bridgehead atoms. The molecule has 7 heteroatoms. The van der Waals surface area contributed by atoms with Crippen molar-refractivity contribution in [2.24, 2.45) is 0 Å². The van der Waals surface area contributed by atoms with Gasteiger partial charge in [-0.05, 0) is 9.91 Å². The number of amides is 1. The van der Waals surface area contributed by atoms with E-state index in [2.05, 4.69) is 4.98 Å². The molecular weight excluding hydrogens is 214 g/mol. The predicted octanol–water partition coefficient (Wildman–Crippen LogP) is 0.700. The fourth-order valence-corrected chi connectivity index (χ4v) is 1.10. The van der Waals surface area contributed by atoms with Gasteiger partial charge in [0.1, 0.15) is 0 Å². The molecule has 0 aliphatic carbocycles. The molecule has 0 spiro atoms. The summed E-state index contributed by atoms with van der Waals surface area (Å²) in [4.78, 5) is 26.4. The Balaban J connectivity index is 3.19. The molecule has 0 unspecified atom stereocenters. The Morgan fingerprint density at radius 2 is 2.19 bits per heavy atom. The van der Waals surface area contributed by atoms with Gasteiger partial charge in [-0.1, -0.05) is 0 Å². The number of nitro groups is 1. The largest absolute Gasteiger partial charge is 0.489 e. The van der Waals surface area contributed by atoms with Crippen LogP contribution in [-0.4, -0.2) is 41.9 Å². The summed E-state index contributed by atoms with van der Waals surface area (Å²) in [6.07, 6.45) is 1.16. The molecule has 16 heavy (non-hydrogen) atoms. The summed E-state index contributed by atoms with van der Waals surface area (Å²) in [5.41, 5.74) is 0.243. The first-order chi connectivity index (χ1) is 7.47. The van der Waals surface area contributed by atoms with Crippen molar-refractivity contribution in [3.05, 3.63) is 27.9 Å². The number of pyridine rings is 1. The SMILES string of the molecule is COc1cc(C(=O)N(C)C)cnc1[N+](=O)[O-]. The van der Waals surface area contributed by atoms with Gasteiger partial charge in [0.2, 0.25) is 5.75 Å². The molecule has 86 valence electrons. The van der Waals surface area contributed by atoms with Gasteiger partial charge < -0.3 is 19.8 Å². The Morgan fingerprint density at radius 3 is 2.62 bits per heavy atom. The summed E-state index contributed by atoms with van der Waals surface area (Å²) < 4.78 is 4.80. The van der Waals surface area contributed by atoms with Crippen molar-refractivity contribution < 1.29 is 14.5 Å². The summed E-state index contributed by atoms with van der Waals surface area (Å²) in [5, 5.41) is 10.6. The monoisotopic (exact) mass is 225 g/mol. The summed E-state index contributed by atoms with van der Waals surface area (Å²) in [6.45, 7) is 0. The minimum atomic E-state index is -0.664. The quantitative estimate of drug-likeness (QED) is 0.558. The number of ether oxygens (including phenoxy) is 1. The molecule has 0 radical (unpaired) electrons. The van der Waals surface area contributed by atoms with Crippen LogP contribution in [0, 0.1) is 10.1 Å². The molecule has 7 nitrogen and oxygen atoms in total. The van der Waals surface area contributed by atoms with E-state index < -0.39 is 10.7 Å². The lowest BCUT2D eigenvalue weighted by Crippen LogP contribution is -2.21. The maximum absolute atomic E-state index is 11.6. The molecule has 0 fully saturated rings. The fraction of sp³-hybridized carbons (Fsp3) is 0.333. The second-order valence-corrected chi connectivity index (χ2v) is 3.21. The average Bonchev–Trinajstić information content (AvgIpc) is 2.26. The van der Waals surface area contributed by atoms with Crippen LogP contribution in [-0.2, 0) is 0 Å². The van der Waals surface area contributed by atoms with Gasteiger partial charge in [0, 0.05) is 20.2 Å². The van der Waals surface area contributed by atoms with Gasteiger partial charge in [-0.15, -0.1) is 0 Å². The van der Waals surface area contributed by atoms with Gasteiger partial charge in [-0.25, -0.2) is 0 Å². The Labute approximate surface area is 91.8 Å². The average molecular weight is 225 g/mol. The number of methoxy groups -OCH3 is 1. The topological polar surface area (TPSA) is 85.6 Å². The second-order valence-electron chi connectivity index (χ2n) is 3.21. The summed E-state index contributed by atoms with van der Waals surface area (Å²) in [6, 6.07) is 1.30. The highest BCUT2D eigenvalue weighted by Gasteiger charge is 2.20. The maximum Gasteiger partial charge on any atom is 0.406 e. The summed E-state index contributed by atoms with van der Waals surface area (Å²) in [7, 11) is 4.44. The third-order valence-corrected chi connectivity index (χ3v) is 1.88. The number of rotatable bonds is 3. The number of carbonyl (C=O) groups excluding carboxylic acids is 1. The number of nitrogens with zero attached hydrogens (tertiary/aromatic N) is 3. The van der Waals surface area contributed by atoms with Crippen molar-refractivity contribution in [3.8, 4) is 5.75 Å². The first-order valence-corrected chi connectivity index (χ1v) is 4.37. The van der Waals surface area contributed by atoms with Crippen LogP contribution >= 0.6 is 0 Å². The molecule has 1 aromatic rings. The molecule has 1 rings (SSSR count). The van der Waals surface area contributed by atoms with Crippen LogP contribution in [0.2, 0.25) is 0 Å². The Kier molecular flexibility index (Phi) is 3.39. The van der Waals surface area contributed by atoms with Gasteiger partial charge in [0.05, 0.1) is 12.7 Å². The smallest absolute Gasteiger partial charge is 0.406 e. The Morgan fingerprint density at radius 1 is 1.56 bits per heavy atom. The lowest BCUT2D eigenvalue weighted by molar-refractivity contribution is -0.390. The lowest BCUT2D eigenvalue weighted by Gasteiger charge is -2.09. The van der Waals surface area contributed by atoms with Crippen molar-refractivity contribution in [1.82, 2.24) is 9.88 Å². The molecule has 1 amide bonds. The van der Waals surface area contributed by atoms with E-state index in [0.717, 1.165) is 6.20 Å². The highest BCUT2D eigenvalue weighted by molar-refractivity contribution is 5.94. The van der Waals surface area contributed by atoms with Gasteiger partial charge >= 0.3 is 5.82 Å². The normalized spacial score (nSPS) is 9.69. The van der Waals surface area contributed by atoms with E-state index in [9.17, 15) is 14.9 Å². The van der Waals surface area contributed by atoms with Gasteiger partial charge in [0.15, 0.2) is 6.20 Å². The minimum absolute atomic E-state index is 0.0299. The maximum atomic E-state index is 11.6. The van der Waals surface area contributed by atoms with E-state index in [0.29, 0.717) is 0 Å². The third-order valence-electron chi connectivity index (χ3n) is 1.88. The molecule has 0 saturated carbocycles. The molecule has 1 aromatic heterocycles. The van der Waals surface area contributed by atoms with Crippen LogP contribution in [0.15, 0.2) is 12.3 Å². The molecule has 1 heterocycles. The first-order valence-electron chi connectivity index (χ1n) is 4.37. The van der Waals surface area contributed by atoms with Crippen LogP contribution in [0.1, 0.15) is 10.4 Å². The molecular formula is C9H11N3O4. The van der Waals surface area contributed by atoms with Crippen molar-refractivity contribution in [2.75, 3.05) is 21.2 Å². The van der Waals surface area contributed by atoms with E-state index in [1.165, 1.54) is 18.1 Å². The lowest BCUT2D eigenvalue weighted by atomic mass is 10.2. The minimum Gasteiger partial charge on any atom is -0.489 e. The van der Waals surface area contributed by atoms with Crippen LogP contribution < -0.4 is 4.74 Å². The highest BCUT2D eigenvalue weighted by atomic mass is 16.6. The zero-order valence-corrected chi connectivity index (χ0v) is 9.13. The van der Waals surface area contributed by atoms with Crippen molar-refractivity contribution in [1.29, 1.82) is 0 Å². The van der Waals surface area contributed by atoms with E-state index >= 15 is 0 Å². The first kappa shape index (κ1) is 11.9. The second kappa shape index (κ2) is 4.56. The molecule has 0 atom stereocenters. The number of carbonyl (C=O) groups is 1. The summed E-state index contributed by atoms with van der Waals surface area (Å²) >= 11 is 0. The molecule has 0 aliphatic heterocycles. The molecule has 0 aliphatic rings. The van der Waals surface area contributed by atoms with Gasteiger partial charge in [0.25, 0.3) is 5.91 Å². The number of hydrogen-bond donors (Lipinski definition) is 0. The predicted molar refractivity (Wildman–Crippen MR) is 55.5 cm³/mol. The Hall–Kier alpha value is -2.18. The zero-order chi connectivity index (χ0) is 12.3. The van der Waals surface area contributed by atoms with E-state index in [1.807, 2.05) is 0 Å². The van der Waals surface area contributed by atoms with Crippen molar-refractivity contribution in [2.45, 2.75) is 0 Å². The van der Waals surface area contributed by atoms with Crippen LogP contribution in [0.4, 0.5) is 5.82 Å². The van der Waals surface area contributed by atoms with Crippen LogP contribution in [0.3, 0.4) is 0 Å².